The van der Waals surface area contributed by atoms with Gasteiger partial charge in [-0.2, -0.15) is 13.2 Å². The Morgan fingerprint density at radius 3 is 2.67 bits per heavy atom. The minimum Gasteiger partial charge on any atom is -0.443 e. The van der Waals surface area contributed by atoms with Gasteiger partial charge in [-0.25, -0.2) is 4.98 Å². The number of nitrogens with zero attached hydrogens (tertiary/aromatic N) is 1. The van der Waals surface area contributed by atoms with Crippen molar-refractivity contribution in [2.75, 3.05) is 0 Å². The minimum absolute atomic E-state index is 0.0520. The Bertz CT molecular complexity index is 566. The van der Waals surface area contributed by atoms with Crippen LogP contribution < -0.4 is 0 Å². The summed E-state index contributed by atoms with van der Waals surface area (Å²) in [5, 5.41) is 9.00. The van der Waals surface area contributed by atoms with E-state index in [-0.39, 0.29) is 21.5 Å². The third kappa shape index (κ3) is 2.41. The zero-order chi connectivity index (χ0) is 13.3. The molecule has 0 saturated heterocycles. The Balaban J connectivity index is 2.54. The van der Waals surface area contributed by atoms with Crippen molar-refractivity contribution in [2.24, 2.45) is 0 Å². The molecule has 0 aliphatic rings. The second-order valence-corrected chi connectivity index (χ2v) is 4.33. The summed E-state index contributed by atoms with van der Waals surface area (Å²) in [7, 11) is 0. The van der Waals surface area contributed by atoms with Crippen LogP contribution in [0.25, 0.3) is 11.3 Å². The Hall–Kier alpha value is -1.34. The molecule has 7 heteroatoms. The summed E-state index contributed by atoms with van der Waals surface area (Å²) in [6, 6.07) is 3.69. The Morgan fingerprint density at radius 2 is 2.06 bits per heavy atom. The fourth-order valence-corrected chi connectivity index (χ4v) is 1.97. The lowest BCUT2D eigenvalue weighted by atomic mass is 10.1. The van der Waals surface area contributed by atoms with Crippen molar-refractivity contribution in [3.05, 3.63) is 40.3 Å². The van der Waals surface area contributed by atoms with Gasteiger partial charge in [0.15, 0.2) is 12.2 Å². The van der Waals surface area contributed by atoms with Gasteiger partial charge in [0.25, 0.3) is 0 Å². The normalized spacial score (nSPS) is 11.8. The van der Waals surface area contributed by atoms with Crippen LogP contribution in [0, 0.1) is 0 Å². The zero-order valence-electron chi connectivity index (χ0n) is 8.83. The highest BCUT2D eigenvalue weighted by molar-refractivity contribution is 9.10. The number of rotatable bonds is 2. The van der Waals surface area contributed by atoms with E-state index in [4.69, 9.17) is 9.52 Å². The molecule has 1 N–H and O–H groups in total. The lowest BCUT2D eigenvalue weighted by molar-refractivity contribution is -0.138. The van der Waals surface area contributed by atoms with Crippen molar-refractivity contribution in [3.8, 4) is 11.3 Å². The fraction of sp³-hybridized carbons (Fsp3) is 0.182. The summed E-state index contributed by atoms with van der Waals surface area (Å²) < 4.78 is 43.1. The molecule has 0 radical (unpaired) electrons. The number of aliphatic hydroxyl groups is 1. The topological polar surface area (TPSA) is 46.3 Å². The molecule has 0 saturated carbocycles. The van der Waals surface area contributed by atoms with Crippen molar-refractivity contribution in [1.82, 2.24) is 4.98 Å². The third-order valence-electron chi connectivity index (χ3n) is 2.32. The summed E-state index contributed by atoms with van der Waals surface area (Å²) in [6.07, 6.45) is -3.38. The average molecular weight is 322 g/mol. The first-order valence-corrected chi connectivity index (χ1v) is 5.63. The van der Waals surface area contributed by atoms with Crippen molar-refractivity contribution >= 4 is 15.9 Å². The molecule has 2 aromatic rings. The Labute approximate surface area is 108 Å². The predicted octanol–water partition coefficient (Wildman–Crippen LogP) is 3.62. The van der Waals surface area contributed by atoms with Gasteiger partial charge >= 0.3 is 6.18 Å². The van der Waals surface area contributed by atoms with Gasteiger partial charge in [0.2, 0.25) is 0 Å². The smallest absolute Gasteiger partial charge is 0.417 e. The van der Waals surface area contributed by atoms with Gasteiger partial charge in [0.1, 0.15) is 5.69 Å². The third-order valence-corrected chi connectivity index (χ3v) is 3.02. The molecule has 18 heavy (non-hydrogen) atoms. The molecule has 0 bridgehead atoms. The summed E-state index contributed by atoms with van der Waals surface area (Å²) in [5.74, 6) is 0.135. The lowest BCUT2D eigenvalue weighted by Gasteiger charge is -2.10. The molecule has 0 aliphatic heterocycles. The van der Waals surface area contributed by atoms with Gasteiger partial charge in [0, 0.05) is 10.0 Å². The first-order valence-electron chi connectivity index (χ1n) is 4.84. The Morgan fingerprint density at radius 1 is 1.33 bits per heavy atom. The van der Waals surface area contributed by atoms with E-state index in [1.165, 1.54) is 12.1 Å². The van der Waals surface area contributed by atoms with Gasteiger partial charge in [-0.1, -0.05) is 22.0 Å². The Kier molecular flexibility index (Phi) is 3.45. The minimum atomic E-state index is -4.46. The number of oxazole rings is 1. The molecule has 2 rings (SSSR count). The van der Waals surface area contributed by atoms with Gasteiger partial charge in [-0.05, 0) is 12.1 Å². The standard InChI is InChI=1S/C11H7BrF3NO2/c12-8-2-1-6(3-7(8)11(13,14)15)10-9(4-17)16-5-18-10/h1-3,5,17H,4H2. The number of aliphatic hydroxyl groups excluding tert-OH is 1. The van der Waals surface area contributed by atoms with Crippen LogP contribution in [-0.4, -0.2) is 10.1 Å². The quantitative estimate of drug-likeness (QED) is 0.919. The number of aromatic nitrogens is 1. The maximum Gasteiger partial charge on any atom is 0.417 e. The van der Waals surface area contributed by atoms with Crippen molar-refractivity contribution in [3.63, 3.8) is 0 Å². The van der Waals surface area contributed by atoms with Gasteiger partial charge in [-0.15, -0.1) is 0 Å². The molecule has 96 valence electrons. The van der Waals surface area contributed by atoms with E-state index in [9.17, 15) is 13.2 Å². The maximum absolute atomic E-state index is 12.7. The van der Waals surface area contributed by atoms with Gasteiger partial charge < -0.3 is 9.52 Å². The van der Waals surface area contributed by atoms with Crippen LogP contribution in [-0.2, 0) is 12.8 Å². The van der Waals surface area contributed by atoms with Crippen LogP contribution in [0.1, 0.15) is 11.3 Å². The van der Waals surface area contributed by atoms with Crippen LogP contribution in [0.15, 0.2) is 33.5 Å². The number of benzene rings is 1. The van der Waals surface area contributed by atoms with E-state index in [1.54, 1.807) is 0 Å². The second-order valence-electron chi connectivity index (χ2n) is 3.48. The number of hydrogen-bond donors (Lipinski definition) is 1. The summed E-state index contributed by atoms with van der Waals surface area (Å²) in [5.41, 5.74) is -0.391. The highest BCUT2D eigenvalue weighted by Crippen LogP contribution is 2.37. The predicted molar refractivity (Wildman–Crippen MR) is 60.6 cm³/mol. The largest absolute Gasteiger partial charge is 0.443 e. The van der Waals surface area contributed by atoms with Gasteiger partial charge in [-0.3, -0.25) is 0 Å². The number of alkyl halides is 3. The van der Waals surface area contributed by atoms with Crippen LogP contribution >= 0.6 is 15.9 Å². The van der Waals surface area contributed by atoms with Gasteiger partial charge in [0.05, 0.1) is 12.2 Å². The molecule has 0 unspecified atom stereocenters. The summed E-state index contributed by atoms with van der Waals surface area (Å²) in [6.45, 7) is -0.400. The van der Waals surface area contributed by atoms with E-state index in [1.807, 2.05) is 0 Å². The van der Waals surface area contributed by atoms with E-state index >= 15 is 0 Å². The SMILES string of the molecule is OCc1ncoc1-c1ccc(Br)c(C(F)(F)F)c1. The van der Waals surface area contributed by atoms with Crippen molar-refractivity contribution < 1.29 is 22.7 Å². The fourth-order valence-electron chi connectivity index (χ4n) is 1.50. The molecular weight excluding hydrogens is 315 g/mol. The van der Waals surface area contributed by atoms with E-state index in [0.717, 1.165) is 12.5 Å². The van der Waals surface area contributed by atoms with Crippen LogP contribution in [0.3, 0.4) is 0 Å². The number of hydrogen-bond acceptors (Lipinski definition) is 3. The van der Waals surface area contributed by atoms with Crippen LogP contribution in [0.5, 0.6) is 0 Å². The zero-order valence-corrected chi connectivity index (χ0v) is 10.4. The maximum atomic E-state index is 12.7. The summed E-state index contributed by atoms with van der Waals surface area (Å²) in [4.78, 5) is 3.72. The van der Waals surface area contributed by atoms with Crippen molar-refractivity contribution in [2.45, 2.75) is 12.8 Å². The monoisotopic (exact) mass is 321 g/mol. The second kappa shape index (κ2) is 4.74. The highest BCUT2D eigenvalue weighted by Gasteiger charge is 2.33. The molecule has 1 aromatic heterocycles. The molecule has 0 atom stereocenters. The van der Waals surface area contributed by atoms with E-state index in [2.05, 4.69) is 20.9 Å². The molecule has 3 nitrogen and oxygen atoms in total. The first-order chi connectivity index (χ1) is 8.43. The molecular formula is C11H7BrF3NO2. The van der Waals surface area contributed by atoms with Crippen molar-refractivity contribution in [1.29, 1.82) is 0 Å². The van der Waals surface area contributed by atoms with E-state index in [0.29, 0.717) is 0 Å². The highest BCUT2D eigenvalue weighted by atomic mass is 79.9. The van der Waals surface area contributed by atoms with E-state index < -0.39 is 18.3 Å². The van der Waals surface area contributed by atoms with Crippen LogP contribution in [0.4, 0.5) is 13.2 Å². The molecule has 0 fully saturated rings. The molecule has 0 aliphatic carbocycles. The number of halogens is 4. The molecule has 1 heterocycles. The molecule has 0 spiro atoms. The average Bonchev–Trinajstić information content (AvgIpc) is 2.76. The van der Waals surface area contributed by atoms with Crippen LogP contribution in [0.2, 0.25) is 0 Å². The molecule has 0 amide bonds. The lowest BCUT2D eigenvalue weighted by Crippen LogP contribution is -2.06. The molecule has 1 aromatic carbocycles. The summed E-state index contributed by atoms with van der Waals surface area (Å²) >= 11 is 2.85. The first kappa shape index (κ1) is 13.1.